The highest BCUT2D eigenvalue weighted by atomic mass is 16.3. The standard InChI is InChI=1S/C15H26N4O2/c1-4-8-15(2,10-20)17-14(21)16-13-9-12(18-19(13)3)11-6-5-7-11/h9,11,20H,4-8,10H2,1-3H3,(H2,16,17,21). The van der Waals surface area contributed by atoms with E-state index in [1.807, 2.05) is 27.0 Å². The zero-order valence-electron chi connectivity index (χ0n) is 13.1. The average molecular weight is 294 g/mol. The zero-order chi connectivity index (χ0) is 15.5. The number of rotatable bonds is 6. The van der Waals surface area contributed by atoms with Crippen LogP contribution < -0.4 is 10.6 Å². The van der Waals surface area contributed by atoms with Crippen molar-refractivity contribution in [3.8, 4) is 0 Å². The third kappa shape index (κ3) is 3.75. The molecule has 0 aliphatic heterocycles. The van der Waals surface area contributed by atoms with E-state index in [0.717, 1.165) is 18.5 Å². The molecule has 2 amide bonds. The molecule has 1 aliphatic rings. The Morgan fingerprint density at radius 3 is 2.81 bits per heavy atom. The normalized spacial score (nSPS) is 17.9. The van der Waals surface area contributed by atoms with Crippen molar-refractivity contribution in [1.29, 1.82) is 0 Å². The van der Waals surface area contributed by atoms with Crippen LogP contribution in [0.2, 0.25) is 0 Å². The largest absolute Gasteiger partial charge is 0.394 e. The second-order valence-corrected chi connectivity index (χ2v) is 6.25. The maximum absolute atomic E-state index is 12.1. The van der Waals surface area contributed by atoms with Crippen LogP contribution in [0.15, 0.2) is 6.07 Å². The number of hydrogen-bond donors (Lipinski definition) is 3. The van der Waals surface area contributed by atoms with E-state index >= 15 is 0 Å². The lowest BCUT2D eigenvalue weighted by Crippen LogP contribution is -2.50. The topological polar surface area (TPSA) is 79.2 Å². The highest BCUT2D eigenvalue weighted by molar-refractivity contribution is 5.88. The Morgan fingerprint density at radius 1 is 1.57 bits per heavy atom. The molecule has 1 aliphatic carbocycles. The van der Waals surface area contributed by atoms with Gasteiger partial charge in [0.1, 0.15) is 5.82 Å². The number of hydrogen-bond acceptors (Lipinski definition) is 3. The lowest BCUT2D eigenvalue weighted by atomic mass is 9.83. The van der Waals surface area contributed by atoms with Crippen molar-refractivity contribution < 1.29 is 9.90 Å². The van der Waals surface area contributed by atoms with Crippen molar-refractivity contribution in [3.05, 3.63) is 11.8 Å². The molecule has 21 heavy (non-hydrogen) atoms. The Balaban J connectivity index is 1.97. The molecule has 0 bridgehead atoms. The first-order valence-electron chi connectivity index (χ1n) is 7.71. The smallest absolute Gasteiger partial charge is 0.320 e. The molecule has 118 valence electrons. The predicted octanol–water partition coefficient (Wildman–Crippen LogP) is 2.36. The van der Waals surface area contributed by atoms with E-state index < -0.39 is 5.54 Å². The maximum Gasteiger partial charge on any atom is 0.320 e. The molecule has 1 fully saturated rings. The van der Waals surface area contributed by atoms with Gasteiger partial charge >= 0.3 is 6.03 Å². The van der Waals surface area contributed by atoms with Crippen LogP contribution >= 0.6 is 0 Å². The molecular weight excluding hydrogens is 268 g/mol. The van der Waals surface area contributed by atoms with E-state index in [0.29, 0.717) is 11.7 Å². The van der Waals surface area contributed by atoms with E-state index in [4.69, 9.17) is 0 Å². The van der Waals surface area contributed by atoms with Gasteiger partial charge in [-0.15, -0.1) is 0 Å². The summed E-state index contributed by atoms with van der Waals surface area (Å²) in [4.78, 5) is 12.1. The Kier molecular flexibility index (Phi) is 4.88. The second kappa shape index (κ2) is 6.47. The summed E-state index contributed by atoms with van der Waals surface area (Å²) < 4.78 is 1.70. The maximum atomic E-state index is 12.1. The summed E-state index contributed by atoms with van der Waals surface area (Å²) in [6, 6.07) is 1.64. The van der Waals surface area contributed by atoms with E-state index in [9.17, 15) is 9.90 Å². The molecule has 1 heterocycles. The van der Waals surface area contributed by atoms with Crippen LogP contribution in [0.5, 0.6) is 0 Å². The SMILES string of the molecule is CCCC(C)(CO)NC(=O)Nc1cc(C2CCC2)nn1C. The van der Waals surface area contributed by atoms with Gasteiger partial charge in [-0.05, 0) is 26.2 Å². The highest BCUT2D eigenvalue weighted by Crippen LogP contribution is 2.36. The first-order chi connectivity index (χ1) is 9.97. The molecule has 1 aromatic heterocycles. The third-order valence-corrected chi connectivity index (χ3v) is 4.23. The quantitative estimate of drug-likeness (QED) is 0.753. The summed E-state index contributed by atoms with van der Waals surface area (Å²) in [6.07, 6.45) is 5.25. The summed E-state index contributed by atoms with van der Waals surface area (Å²) in [5.74, 6) is 1.23. The molecular formula is C15H26N4O2. The van der Waals surface area contributed by atoms with Crippen LogP contribution in [0.4, 0.5) is 10.6 Å². The molecule has 1 saturated carbocycles. The van der Waals surface area contributed by atoms with Crippen LogP contribution in [0.25, 0.3) is 0 Å². The average Bonchev–Trinajstić information content (AvgIpc) is 2.68. The molecule has 6 heteroatoms. The van der Waals surface area contributed by atoms with E-state index in [2.05, 4.69) is 15.7 Å². The monoisotopic (exact) mass is 294 g/mol. The van der Waals surface area contributed by atoms with Gasteiger partial charge in [0.2, 0.25) is 0 Å². The van der Waals surface area contributed by atoms with Crippen LogP contribution in [0, 0.1) is 0 Å². The number of carbonyl (C=O) groups excluding carboxylic acids is 1. The number of amides is 2. The van der Waals surface area contributed by atoms with Crippen molar-refractivity contribution >= 4 is 11.8 Å². The Labute approximate surface area is 125 Å². The minimum Gasteiger partial charge on any atom is -0.394 e. The van der Waals surface area contributed by atoms with Gasteiger partial charge in [0.05, 0.1) is 17.8 Å². The van der Waals surface area contributed by atoms with Crippen molar-refractivity contribution in [2.45, 2.75) is 57.4 Å². The molecule has 0 saturated heterocycles. The van der Waals surface area contributed by atoms with Crippen molar-refractivity contribution in [3.63, 3.8) is 0 Å². The zero-order valence-corrected chi connectivity index (χ0v) is 13.1. The Morgan fingerprint density at radius 2 is 2.29 bits per heavy atom. The first kappa shape index (κ1) is 15.8. The number of aryl methyl sites for hydroxylation is 1. The predicted molar refractivity (Wildman–Crippen MR) is 82.4 cm³/mol. The number of nitrogens with one attached hydrogen (secondary N) is 2. The number of nitrogens with zero attached hydrogens (tertiary/aromatic N) is 2. The third-order valence-electron chi connectivity index (χ3n) is 4.23. The number of carbonyl (C=O) groups is 1. The van der Waals surface area contributed by atoms with Crippen LogP contribution in [-0.4, -0.2) is 33.1 Å². The highest BCUT2D eigenvalue weighted by Gasteiger charge is 2.26. The summed E-state index contributed by atoms with van der Waals surface area (Å²) in [6.45, 7) is 3.80. The summed E-state index contributed by atoms with van der Waals surface area (Å²) in [5, 5.41) is 19.6. The molecule has 0 radical (unpaired) electrons. The van der Waals surface area contributed by atoms with E-state index in [1.54, 1.807) is 4.68 Å². The molecule has 6 nitrogen and oxygen atoms in total. The minimum atomic E-state index is -0.589. The molecule has 0 aromatic carbocycles. The summed E-state index contributed by atoms with van der Waals surface area (Å²) in [7, 11) is 1.83. The van der Waals surface area contributed by atoms with Gasteiger partial charge in [0, 0.05) is 19.0 Å². The fourth-order valence-corrected chi connectivity index (χ4v) is 2.66. The van der Waals surface area contributed by atoms with Crippen molar-refractivity contribution in [2.24, 2.45) is 7.05 Å². The number of aromatic nitrogens is 2. The molecule has 3 N–H and O–H groups in total. The minimum absolute atomic E-state index is 0.0764. The van der Waals surface area contributed by atoms with Gasteiger partial charge in [-0.3, -0.25) is 10.00 Å². The van der Waals surface area contributed by atoms with E-state index in [1.165, 1.54) is 19.3 Å². The lowest BCUT2D eigenvalue weighted by molar-refractivity contribution is 0.167. The van der Waals surface area contributed by atoms with E-state index in [-0.39, 0.29) is 12.6 Å². The molecule has 1 unspecified atom stereocenters. The first-order valence-corrected chi connectivity index (χ1v) is 7.71. The summed E-state index contributed by atoms with van der Waals surface area (Å²) in [5.41, 5.74) is 0.464. The Hall–Kier alpha value is -1.56. The number of aliphatic hydroxyl groups is 1. The van der Waals surface area contributed by atoms with Gasteiger partial charge < -0.3 is 10.4 Å². The fourth-order valence-electron chi connectivity index (χ4n) is 2.66. The van der Waals surface area contributed by atoms with Crippen molar-refractivity contribution in [2.75, 3.05) is 11.9 Å². The summed E-state index contributed by atoms with van der Waals surface area (Å²) >= 11 is 0. The second-order valence-electron chi connectivity index (χ2n) is 6.25. The van der Waals surface area contributed by atoms with Gasteiger partial charge in [-0.25, -0.2) is 4.79 Å². The fraction of sp³-hybridized carbons (Fsp3) is 0.733. The molecule has 2 rings (SSSR count). The lowest BCUT2D eigenvalue weighted by Gasteiger charge is -2.28. The van der Waals surface area contributed by atoms with Crippen molar-refractivity contribution in [1.82, 2.24) is 15.1 Å². The number of aliphatic hydroxyl groups excluding tert-OH is 1. The molecule has 0 spiro atoms. The van der Waals surface area contributed by atoms with Crippen LogP contribution in [-0.2, 0) is 7.05 Å². The number of urea groups is 1. The molecule has 1 aromatic rings. The van der Waals surface area contributed by atoms with Gasteiger partial charge in [-0.2, -0.15) is 5.10 Å². The molecule has 1 atom stereocenters. The van der Waals surface area contributed by atoms with Gasteiger partial charge in [-0.1, -0.05) is 19.8 Å². The number of anilines is 1. The van der Waals surface area contributed by atoms with Crippen LogP contribution in [0.1, 0.15) is 57.6 Å². The van der Waals surface area contributed by atoms with Crippen LogP contribution in [0.3, 0.4) is 0 Å². The Bertz CT molecular complexity index is 496. The van der Waals surface area contributed by atoms with Gasteiger partial charge in [0.25, 0.3) is 0 Å². The van der Waals surface area contributed by atoms with Gasteiger partial charge in [0.15, 0.2) is 0 Å².